The molecule has 1 aliphatic heterocycles. The zero-order chi connectivity index (χ0) is 16.3. The molecule has 0 amide bonds. The first-order chi connectivity index (χ1) is 11.1. The Bertz CT molecular complexity index is 747. The van der Waals surface area contributed by atoms with Crippen molar-refractivity contribution in [2.45, 2.75) is 19.0 Å². The van der Waals surface area contributed by atoms with E-state index in [1.807, 2.05) is 5.38 Å². The molecule has 0 saturated heterocycles. The van der Waals surface area contributed by atoms with E-state index in [4.69, 9.17) is 0 Å². The quantitative estimate of drug-likeness (QED) is 0.738. The molecule has 1 atom stereocenters. The summed E-state index contributed by atoms with van der Waals surface area (Å²) in [6, 6.07) is 10.6. The van der Waals surface area contributed by atoms with Crippen LogP contribution in [-0.4, -0.2) is 31.1 Å². The molecule has 2 aromatic rings. The number of nitrogens with zero attached hydrogens (tertiary/aromatic N) is 1. The van der Waals surface area contributed by atoms with E-state index in [9.17, 15) is 8.42 Å². The van der Waals surface area contributed by atoms with Crippen LogP contribution in [0.5, 0.6) is 0 Å². The fourth-order valence-corrected chi connectivity index (χ4v) is 4.63. The molecule has 0 saturated carbocycles. The Morgan fingerprint density at radius 1 is 1.26 bits per heavy atom. The van der Waals surface area contributed by atoms with Gasteiger partial charge in [0.05, 0.1) is 0 Å². The van der Waals surface area contributed by atoms with Gasteiger partial charge in [0.25, 0.3) is 0 Å². The number of fused-ring (bicyclic) bond motifs is 1. The highest BCUT2D eigenvalue weighted by Crippen LogP contribution is 2.28. The lowest BCUT2D eigenvalue weighted by molar-refractivity contribution is 0.181. The average Bonchev–Trinajstić information content (AvgIpc) is 3.09. The van der Waals surface area contributed by atoms with Crippen molar-refractivity contribution < 1.29 is 8.42 Å². The monoisotopic (exact) mass is 414 g/mol. The summed E-state index contributed by atoms with van der Waals surface area (Å²) in [5.74, 6) is 0. The third-order valence-electron chi connectivity index (χ3n) is 4.17. The Labute approximate surface area is 149 Å². The molecule has 7 heteroatoms. The number of hydrogen-bond donors (Lipinski definition) is 1. The van der Waals surface area contributed by atoms with Crippen molar-refractivity contribution in [3.05, 3.63) is 57.8 Å². The van der Waals surface area contributed by atoms with Gasteiger partial charge in [0.15, 0.2) is 0 Å². The highest BCUT2D eigenvalue weighted by molar-refractivity contribution is 9.10. The smallest absolute Gasteiger partial charge is 0.221 e. The molecule has 23 heavy (non-hydrogen) atoms. The maximum absolute atomic E-state index is 11.8. The molecule has 0 radical (unpaired) electrons. The fraction of sp³-hybridized carbons (Fsp3) is 0.375. The van der Waals surface area contributed by atoms with Crippen molar-refractivity contribution in [3.8, 4) is 0 Å². The minimum absolute atomic E-state index is 0.0587. The highest BCUT2D eigenvalue weighted by Gasteiger charge is 2.26. The Hall–Kier alpha value is -0.730. The van der Waals surface area contributed by atoms with E-state index in [-0.39, 0.29) is 10.7 Å². The second kappa shape index (κ2) is 7.44. The minimum atomic E-state index is -3.26. The second-order valence-electron chi connectivity index (χ2n) is 5.63. The first-order valence-electron chi connectivity index (χ1n) is 7.45. The summed E-state index contributed by atoms with van der Waals surface area (Å²) in [6.45, 7) is 2.19. The molecule has 0 fully saturated rings. The van der Waals surface area contributed by atoms with Crippen LogP contribution in [0.2, 0.25) is 0 Å². The van der Waals surface area contributed by atoms with Gasteiger partial charge in [-0.15, -0.1) is 0 Å². The van der Waals surface area contributed by atoms with Crippen molar-refractivity contribution in [1.29, 1.82) is 0 Å². The number of rotatable bonds is 6. The Morgan fingerprint density at radius 2 is 2.04 bits per heavy atom. The Balaban J connectivity index is 1.79. The molecule has 2 heterocycles. The molecule has 1 N–H and O–H groups in total. The average molecular weight is 415 g/mol. The lowest BCUT2D eigenvalue weighted by Gasteiger charge is -2.35. The molecule has 0 spiro atoms. The standard InChI is InChI=1S/C16H19BrN2O2S2/c17-12-23(20,21)18-9-16(15-6-8-22-11-15)19-7-5-13-3-1-2-4-14(13)10-19/h1-4,6,8,11,16,18H,5,7,9-10,12H2. The van der Waals surface area contributed by atoms with Crippen LogP contribution >= 0.6 is 27.3 Å². The van der Waals surface area contributed by atoms with Gasteiger partial charge in [0, 0.05) is 25.7 Å². The molecule has 1 aliphatic rings. The lowest BCUT2D eigenvalue weighted by Crippen LogP contribution is -2.40. The third-order valence-corrected chi connectivity index (χ3v) is 7.57. The van der Waals surface area contributed by atoms with Crippen molar-refractivity contribution in [2.75, 3.05) is 17.8 Å². The minimum Gasteiger partial charge on any atom is -0.290 e. The molecule has 1 aromatic carbocycles. The van der Waals surface area contributed by atoms with Crippen molar-refractivity contribution in [1.82, 2.24) is 9.62 Å². The molecule has 1 unspecified atom stereocenters. The molecule has 0 bridgehead atoms. The van der Waals surface area contributed by atoms with Crippen LogP contribution in [0.15, 0.2) is 41.1 Å². The number of benzene rings is 1. The van der Waals surface area contributed by atoms with Gasteiger partial charge in [-0.25, -0.2) is 13.1 Å². The van der Waals surface area contributed by atoms with Gasteiger partial charge in [0.2, 0.25) is 10.0 Å². The molecule has 1 aromatic heterocycles. The number of nitrogens with one attached hydrogen (secondary N) is 1. The molecule has 0 aliphatic carbocycles. The fourth-order valence-electron chi connectivity index (χ4n) is 2.95. The topological polar surface area (TPSA) is 49.4 Å². The molecular weight excluding hydrogens is 396 g/mol. The highest BCUT2D eigenvalue weighted by atomic mass is 79.9. The van der Waals surface area contributed by atoms with Crippen LogP contribution < -0.4 is 4.72 Å². The van der Waals surface area contributed by atoms with E-state index >= 15 is 0 Å². The van der Waals surface area contributed by atoms with Gasteiger partial charge in [-0.05, 0) is 39.9 Å². The van der Waals surface area contributed by atoms with Gasteiger partial charge >= 0.3 is 0 Å². The maximum Gasteiger partial charge on any atom is 0.221 e. The van der Waals surface area contributed by atoms with Gasteiger partial charge in [0.1, 0.15) is 4.66 Å². The first-order valence-corrected chi connectivity index (χ1v) is 11.2. The summed E-state index contributed by atoms with van der Waals surface area (Å²) in [6.07, 6.45) is 1.00. The summed E-state index contributed by atoms with van der Waals surface area (Å²) < 4.78 is 26.2. The van der Waals surface area contributed by atoms with E-state index in [0.717, 1.165) is 19.5 Å². The van der Waals surface area contributed by atoms with Gasteiger partial charge < -0.3 is 0 Å². The zero-order valence-corrected chi connectivity index (χ0v) is 15.8. The zero-order valence-electron chi connectivity index (χ0n) is 12.6. The molecule has 124 valence electrons. The predicted molar refractivity (Wildman–Crippen MR) is 98.3 cm³/mol. The second-order valence-corrected chi connectivity index (χ2v) is 9.52. The summed E-state index contributed by atoms with van der Waals surface area (Å²) >= 11 is 4.67. The van der Waals surface area contributed by atoms with E-state index in [0.29, 0.717) is 6.54 Å². The number of halogens is 1. The first kappa shape index (κ1) is 17.1. The van der Waals surface area contributed by atoms with Gasteiger partial charge in [-0.2, -0.15) is 11.3 Å². The van der Waals surface area contributed by atoms with Crippen LogP contribution in [0.1, 0.15) is 22.7 Å². The maximum atomic E-state index is 11.8. The number of alkyl halides is 1. The number of hydrogen-bond acceptors (Lipinski definition) is 4. The molecule has 4 nitrogen and oxygen atoms in total. The van der Waals surface area contributed by atoms with Crippen LogP contribution in [0.3, 0.4) is 0 Å². The Morgan fingerprint density at radius 3 is 2.74 bits per heavy atom. The summed E-state index contributed by atoms with van der Waals surface area (Å²) in [5.41, 5.74) is 3.91. The van der Waals surface area contributed by atoms with E-state index in [1.54, 1.807) is 11.3 Å². The third kappa shape index (κ3) is 4.22. The summed E-state index contributed by atoms with van der Waals surface area (Å²) in [7, 11) is -3.26. The Kier molecular flexibility index (Phi) is 5.53. The number of thiophene rings is 1. The van der Waals surface area contributed by atoms with Crippen molar-refractivity contribution in [2.24, 2.45) is 0 Å². The molecular formula is C16H19BrN2O2S2. The normalized spacial score (nSPS) is 16.9. The van der Waals surface area contributed by atoms with Gasteiger partial charge in [-0.3, -0.25) is 4.90 Å². The van der Waals surface area contributed by atoms with E-state index in [2.05, 4.69) is 61.3 Å². The van der Waals surface area contributed by atoms with Crippen LogP contribution in [0, 0.1) is 0 Å². The van der Waals surface area contributed by atoms with E-state index in [1.165, 1.54) is 16.7 Å². The van der Waals surface area contributed by atoms with Crippen LogP contribution in [0.4, 0.5) is 0 Å². The van der Waals surface area contributed by atoms with Gasteiger partial charge in [-0.1, -0.05) is 40.2 Å². The van der Waals surface area contributed by atoms with Crippen molar-refractivity contribution >= 4 is 37.3 Å². The van der Waals surface area contributed by atoms with E-state index < -0.39 is 10.0 Å². The molecule has 3 rings (SSSR count). The summed E-state index contributed by atoms with van der Waals surface area (Å²) in [4.78, 5) is 2.36. The largest absolute Gasteiger partial charge is 0.290 e. The SMILES string of the molecule is O=S(=O)(CBr)NCC(c1ccsc1)N1CCc2ccccc2C1. The lowest BCUT2D eigenvalue weighted by atomic mass is 9.97. The van der Waals surface area contributed by atoms with Crippen LogP contribution in [0.25, 0.3) is 0 Å². The number of sulfonamides is 1. The summed E-state index contributed by atoms with van der Waals surface area (Å²) in [5, 5.41) is 4.15. The predicted octanol–water partition coefficient (Wildman–Crippen LogP) is 3.12. The van der Waals surface area contributed by atoms with Crippen molar-refractivity contribution in [3.63, 3.8) is 0 Å². The van der Waals surface area contributed by atoms with Crippen LogP contribution in [-0.2, 0) is 23.0 Å².